The minimum atomic E-state index is -0.440. The van der Waals surface area contributed by atoms with Crippen molar-refractivity contribution in [3.05, 3.63) is 64.3 Å². The first-order chi connectivity index (χ1) is 9.25. The van der Waals surface area contributed by atoms with Gasteiger partial charge in [0.2, 0.25) is 0 Å². The Bertz CT molecular complexity index is 532. The van der Waals surface area contributed by atoms with Gasteiger partial charge in [0.05, 0.1) is 4.92 Å². The van der Waals surface area contributed by atoms with Crippen molar-refractivity contribution in [3.63, 3.8) is 0 Å². The summed E-state index contributed by atoms with van der Waals surface area (Å²) < 4.78 is 0. The molecular weight excluding hydrogens is 280 g/mol. The fourth-order valence-corrected chi connectivity index (χ4v) is 3.34. The van der Waals surface area contributed by atoms with Crippen LogP contribution >= 0.6 is 21.6 Å². The van der Waals surface area contributed by atoms with Crippen LogP contribution in [0.1, 0.15) is 5.56 Å². The van der Waals surface area contributed by atoms with E-state index in [1.54, 1.807) is 27.7 Å². The van der Waals surface area contributed by atoms with E-state index < -0.39 is 4.92 Å². The van der Waals surface area contributed by atoms with Gasteiger partial charge >= 0.3 is 0 Å². The van der Waals surface area contributed by atoms with Crippen molar-refractivity contribution >= 4 is 27.3 Å². The maximum absolute atomic E-state index is 10.5. The van der Waals surface area contributed by atoms with Gasteiger partial charge in [0, 0.05) is 11.8 Å². The molecule has 0 aliphatic carbocycles. The van der Waals surface area contributed by atoms with E-state index in [1.807, 2.05) is 18.2 Å². The number of nitrogens with zero attached hydrogens (tertiary/aromatic N) is 2. The SMILES string of the molecule is O=[N+]([O-])c1ccc(SSCCc2ccccc2)nc1. The molecule has 0 aliphatic heterocycles. The van der Waals surface area contributed by atoms with E-state index in [1.165, 1.54) is 17.8 Å². The topological polar surface area (TPSA) is 56.0 Å². The number of nitro groups is 1. The predicted molar refractivity (Wildman–Crippen MR) is 79.4 cm³/mol. The van der Waals surface area contributed by atoms with Gasteiger partial charge < -0.3 is 0 Å². The average Bonchev–Trinajstić information content (AvgIpc) is 2.45. The number of hydrogen-bond acceptors (Lipinski definition) is 5. The molecule has 0 amide bonds. The van der Waals surface area contributed by atoms with Crippen molar-refractivity contribution in [2.24, 2.45) is 0 Å². The minimum absolute atomic E-state index is 0.0265. The second kappa shape index (κ2) is 7.16. The Balaban J connectivity index is 1.75. The zero-order chi connectivity index (χ0) is 13.5. The summed E-state index contributed by atoms with van der Waals surface area (Å²) in [5.74, 6) is 0.980. The molecule has 2 rings (SSSR count). The highest BCUT2D eigenvalue weighted by molar-refractivity contribution is 8.76. The fraction of sp³-hybridized carbons (Fsp3) is 0.154. The lowest BCUT2D eigenvalue weighted by atomic mass is 10.2. The molecule has 2 aromatic rings. The Morgan fingerprint density at radius 1 is 1.16 bits per heavy atom. The maximum Gasteiger partial charge on any atom is 0.287 e. The fourth-order valence-electron chi connectivity index (χ4n) is 1.44. The largest absolute Gasteiger partial charge is 0.287 e. The normalized spacial score (nSPS) is 10.3. The lowest BCUT2D eigenvalue weighted by Gasteiger charge is -2.01. The van der Waals surface area contributed by atoms with Crippen LogP contribution in [0.4, 0.5) is 5.69 Å². The van der Waals surface area contributed by atoms with Gasteiger partial charge in [-0.25, -0.2) is 4.98 Å². The molecule has 19 heavy (non-hydrogen) atoms. The molecule has 0 saturated heterocycles. The molecule has 0 saturated carbocycles. The Morgan fingerprint density at radius 2 is 1.95 bits per heavy atom. The first-order valence-corrected chi connectivity index (χ1v) is 8.01. The van der Waals surface area contributed by atoms with Gasteiger partial charge in [-0.2, -0.15) is 0 Å². The molecular formula is C13H12N2O2S2. The molecule has 0 fully saturated rings. The second-order valence-corrected chi connectivity index (χ2v) is 6.19. The van der Waals surface area contributed by atoms with E-state index in [0.29, 0.717) is 0 Å². The molecule has 0 radical (unpaired) electrons. The molecule has 0 atom stereocenters. The summed E-state index contributed by atoms with van der Waals surface area (Å²) in [5, 5.41) is 11.3. The van der Waals surface area contributed by atoms with Crippen LogP contribution < -0.4 is 0 Å². The molecule has 0 unspecified atom stereocenters. The highest BCUT2D eigenvalue weighted by Gasteiger charge is 2.05. The highest BCUT2D eigenvalue weighted by atomic mass is 33.1. The van der Waals surface area contributed by atoms with Gasteiger partial charge in [0.15, 0.2) is 0 Å². The van der Waals surface area contributed by atoms with Crippen molar-refractivity contribution in [1.82, 2.24) is 4.98 Å². The van der Waals surface area contributed by atoms with Crippen LogP contribution in [0.2, 0.25) is 0 Å². The van der Waals surface area contributed by atoms with Crippen LogP contribution in [0, 0.1) is 10.1 Å². The van der Waals surface area contributed by atoms with Gasteiger partial charge in [-0.3, -0.25) is 10.1 Å². The number of pyridine rings is 1. The third-order valence-corrected chi connectivity index (χ3v) is 4.66. The summed E-state index contributed by atoms with van der Waals surface area (Å²) in [6.45, 7) is 0. The number of rotatable bonds is 6. The summed E-state index contributed by atoms with van der Waals surface area (Å²) in [4.78, 5) is 14.1. The molecule has 0 aliphatic rings. The van der Waals surface area contributed by atoms with Crippen LogP contribution in [-0.4, -0.2) is 15.7 Å². The summed E-state index contributed by atoms with van der Waals surface area (Å²) >= 11 is 0. The molecule has 1 heterocycles. The van der Waals surface area contributed by atoms with Crippen LogP contribution in [0.3, 0.4) is 0 Å². The molecule has 0 spiro atoms. The van der Waals surface area contributed by atoms with Gasteiger partial charge in [0.1, 0.15) is 11.2 Å². The van der Waals surface area contributed by atoms with E-state index in [9.17, 15) is 10.1 Å². The zero-order valence-electron chi connectivity index (χ0n) is 10.1. The van der Waals surface area contributed by atoms with Gasteiger partial charge in [-0.05, 0) is 28.8 Å². The maximum atomic E-state index is 10.5. The van der Waals surface area contributed by atoms with Crippen molar-refractivity contribution in [2.45, 2.75) is 11.4 Å². The first-order valence-electron chi connectivity index (χ1n) is 5.69. The van der Waals surface area contributed by atoms with Gasteiger partial charge in [-0.15, -0.1) is 0 Å². The monoisotopic (exact) mass is 292 g/mol. The van der Waals surface area contributed by atoms with E-state index in [4.69, 9.17) is 0 Å². The number of benzene rings is 1. The van der Waals surface area contributed by atoms with Gasteiger partial charge in [-0.1, -0.05) is 41.1 Å². The Labute approximate surface area is 119 Å². The lowest BCUT2D eigenvalue weighted by Crippen LogP contribution is -1.89. The molecule has 6 heteroatoms. The first kappa shape index (κ1) is 13.9. The van der Waals surface area contributed by atoms with Crippen LogP contribution in [-0.2, 0) is 6.42 Å². The molecule has 0 N–H and O–H groups in total. The third-order valence-electron chi connectivity index (χ3n) is 2.39. The molecule has 0 bridgehead atoms. The van der Waals surface area contributed by atoms with E-state index in [0.717, 1.165) is 17.2 Å². The standard InChI is InChI=1S/C13H12N2O2S2/c16-15(17)12-6-7-13(14-10-12)19-18-9-8-11-4-2-1-3-5-11/h1-7,10H,8-9H2. The van der Waals surface area contributed by atoms with E-state index in [-0.39, 0.29) is 5.69 Å². The number of aromatic nitrogens is 1. The highest BCUT2D eigenvalue weighted by Crippen LogP contribution is 2.30. The summed E-state index contributed by atoms with van der Waals surface area (Å²) in [5.41, 5.74) is 1.34. The van der Waals surface area contributed by atoms with Crippen LogP contribution in [0.15, 0.2) is 53.7 Å². The minimum Gasteiger partial charge on any atom is -0.258 e. The van der Waals surface area contributed by atoms with Crippen molar-refractivity contribution in [3.8, 4) is 0 Å². The lowest BCUT2D eigenvalue weighted by molar-refractivity contribution is -0.385. The van der Waals surface area contributed by atoms with E-state index in [2.05, 4.69) is 17.1 Å². The van der Waals surface area contributed by atoms with Crippen molar-refractivity contribution in [1.29, 1.82) is 0 Å². The summed E-state index contributed by atoms with van der Waals surface area (Å²) in [6, 6.07) is 13.4. The number of aryl methyl sites for hydroxylation is 1. The number of hydrogen-bond donors (Lipinski definition) is 0. The smallest absolute Gasteiger partial charge is 0.258 e. The summed E-state index contributed by atoms with van der Waals surface area (Å²) in [6.07, 6.45) is 2.30. The average molecular weight is 292 g/mol. The molecule has 98 valence electrons. The Kier molecular flexibility index (Phi) is 5.23. The molecule has 1 aromatic heterocycles. The van der Waals surface area contributed by atoms with Crippen molar-refractivity contribution in [2.75, 3.05) is 5.75 Å². The van der Waals surface area contributed by atoms with Crippen LogP contribution in [0.25, 0.3) is 0 Å². The summed E-state index contributed by atoms with van der Waals surface area (Å²) in [7, 11) is 3.24. The predicted octanol–water partition coefficient (Wildman–Crippen LogP) is 3.97. The van der Waals surface area contributed by atoms with Crippen LogP contribution in [0.5, 0.6) is 0 Å². The molecule has 4 nitrogen and oxygen atoms in total. The van der Waals surface area contributed by atoms with Crippen molar-refractivity contribution < 1.29 is 4.92 Å². The Morgan fingerprint density at radius 3 is 2.58 bits per heavy atom. The molecule has 1 aromatic carbocycles. The van der Waals surface area contributed by atoms with E-state index >= 15 is 0 Å². The third kappa shape index (κ3) is 4.57. The second-order valence-electron chi connectivity index (χ2n) is 3.75. The zero-order valence-corrected chi connectivity index (χ0v) is 11.7. The quantitative estimate of drug-likeness (QED) is 0.349. The van der Waals surface area contributed by atoms with Gasteiger partial charge in [0.25, 0.3) is 5.69 Å². The Hall–Kier alpha value is -1.53.